The highest BCUT2D eigenvalue weighted by Gasteiger charge is 2.34. The van der Waals surface area contributed by atoms with Crippen LogP contribution >= 0.6 is 15.9 Å². The van der Waals surface area contributed by atoms with E-state index in [9.17, 15) is 0 Å². The lowest BCUT2D eigenvalue weighted by Crippen LogP contribution is -2.49. The van der Waals surface area contributed by atoms with Gasteiger partial charge in [0.05, 0.1) is 7.11 Å². The van der Waals surface area contributed by atoms with Gasteiger partial charge >= 0.3 is 0 Å². The molecule has 1 N–H and O–H groups in total. The van der Waals surface area contributed by atoms with E-state index >= 15 is 0 Å². The van der Waals surface area contributed by atoms with Crippen LogP contribution in [0.1, 0.15) is 12.0 Å². The Morgan fingerprint density at radius 3 is 3.00 bits per heavy atom. The number of aromatic nitrogens is 1. The summed E-state index contributed by atoms with van der Waals surface area (Å²) in [6.45, 7) is 1.12. The molecule has 3 rings (SSSR count). The molecule has 0 saturated carbocycles. The van der Waals surface area contributed by atoms with Crippen molar-refractivity contribution in [1.82, 2.24) is 10.3 Å². The summed E-state index contributed by atoms with van der Waals surface area (Å²) in [4.78, 5) is 4.30. The molecule has 4 heteroatoms. The van der Waals surface area contributed by atoms with E-state index in [2.05, 4.69) is 32.3 Å². The maximum atomic E-state index is 5.26. The van der Waals surface area contributed by atoms with E-state index in [1.165, 1.54) is 11.1 Å². The maximum absolute atomic E-state index is 5.26. The number of nitrogens with one attached hydrogen (secondary N) is 1. The minimum absolute atomic E-state index is 0.657. The Kier molecular flexibility index (Phi) is 2.48. The third kappa shape index (κ3) is 1.57. The van der Waals surface area contributed by atoms with Gasteiger partial charge in [0.25, 0.3) is 0 Å². The minimum atomic E-state index is 0.657. The molecule has 1 aliphatic carbocycles. The highest BCUT2D eigenvalue weighted by molar-refractivity contribution is 9.10. The van der Waals surface area contributed by atoms with Crippen LogP contribution in [0.5, 0.6) is 5.75 Å². The van der Waals surface area contributed by atoms with Gasteiger partial charge in [0.2, 0.25) is 0 Å². The molecule has 0 amide bonds. The molecule has 0 radical (unpaired) electrons. The van der Waals surface area contributed by atoms with Crippen LogP contribution in [0.2, 0.25) is 0 Å². The molecule has 0 aromatic carbocycles. The third-order valence-corrected chi connectivity index (χ3v) is 3.98. The molecule has 0 spiro atoms. The number of halogens is 1. The Morgan fingerprint density at radius 2 is 2.44 bits per heavy atom. The Morgan fingerprint density at radius 1 is 1.56 bits per heavy atom. The van der Waals surface area contributed by atoms with Crippen LogP contribution < -0.4 is 10.1 Å². The summed E-state index contributed by atoms with van der Waals surface area (Å²) in [5.74, 6) is 1.52. The lowest BCUT2D eigenvalue weighted by atomic mass is 9.95. The van der Waals surface area contributed by atoms with E-state index in [0.717, 1.165) is 29.2 Å². The van der Waals surface area contributed by atoms with Gasteiger partial charge in [-0.3, -0.25) is 0 Å². The van der Waals surface area contributed by atoms with Gasteiger partial charge < -0.3 is 10.1 Å². The number of ether oxygens (including phenoxy) is 1. The summed E-state index contributed by atoms with van der Waals surface area (Å²) in [5.41, 5.74) is 2.56. The second kappa shape index (κ2) is 3.86. The second-order valence-electron chi connectivity index (χ2n) is 4.29. The molecule has 2 unspecified atom stereocenters. The van der Waals surface area contributed by atoms with Crippen molar-refractivity contribution >= 4 is 21.5 Å². The van der Waals surface area contributed by atoms with Gasteiger partial charge in [0.15, 0.2) is 5.75 Å². The van der Waals surface area contributed by atoms with E-state index in [0.29, 0.717) is 6.04 Å². The molecule has 84 valence electrons. The largest absolute Gasteiger partial charge is 0.494 e. The van der Waals surface area contributed by atoms with Crippen LogP contribution in [0.4, 0.5) is 0 Å². The number of nitrogens with zero attached hydrogens (tertiary/aromatic N) is 1. The van der Waals surface area contributed by atoms with Crippen LogP contribution in [0, 0.1) is 5.92 Å². The lowest BCUT2D eigenvalue weighted by Gasteiger charge is -2.31. The first-order valence-corrected chi connectivity index (χ1v) is 6.21. The van der Waals surface area contributed by atoms with Crippen molar-refractivity contribution in [3.63, 3.8) is 0 Å². The quantitative estimate of drug-likeness (QED) is 0.844. The molecule has 1 aromatic heterocycles. The van der Waals surface area contributed by atoms with Crippen LogP contribution in [0.3, 0.4) is 0 Å². The smallest absolute Gasteiger partial charge is 0.152 e. The number of hydrogen-bond donors (Lipinski definition) is 1. The molecule has 16 heavy (non-hydrogen) atoms. The minimum Gasteiger partial charge on any atom is -0.494 e. The molecular formula is C12H13BrN2O. The molecule has 2 heterocycles. The zero-order chi connectivity index (χ0) is 11.1. The molecular weight excluding hydrogens is 268 g/mol. The summed E-state index contributed by atoms with van der Waals surface area (Å²) in [6, 6.07) is 2.71. The predicted molar refractivity (Wildman–Crippen MR) is 66.4 cm³/mol. The Labute approximate surface area is 103 Å². The van der Waals surface area contributed by atoms with Crippen molar-refractivity contribution in [2.75, 3.05) is 13.7 Å². The Hall–Kier alpha value is -0.870. The van der Waals surface area contributed by atoms with Crippen LogP contribution in [-0.4, -0.2) is 24.7 Å². The molecule has 1 aromatic rings. The molecule has 1 fully saturated rings. The topological polar surface area (TPSA) is 34.1 Å². The number of pyridine rings is 1. The van der Waals surface area contributed by atoms with Gasteiger partial charge in [-0.2, -0.15) is 0 Å². The third-order valence-electron chi connectivity index (χ3n) is 3.39. The van der Waals surface area contributed by atoms with Crippen molar-refractivity contribution in [3.8, 4) is 5.75 Å². The average molecular weight is 281 g/mol. The van der Waals surface area contributed by atoms with Crippen molar-refractivity contribution in [3.05, 3.63) is 28.5 Å². The van der Waals surface area contributed by atoms with E-state index in [1.807, 2.05) is 12.3 Å². The summed E-state index contributed by atoms with van der Waals surface area (Å²) in [7, 11) is 1.67. The normalized spacial score (nSPS) is 27.0. The summed E-state index contributed by atoms with van der Waals surface area (Å²) in [6.07, 6.45) is 5.38. The van der Waals surface area contributed by atoms with Crippen LogP contribution in [-0.2, 0) is 0 Å². The summed E-state index contributed by atoms with van der Waals surface area (Å²) in [5, 5.41) is 3.43. The first-order chi connectivity index (χ1) is 7.78. The van der Waals surface area contributed by atoms with Gasteiger partial charge in [0, 0.05) is 24.7 Å². The standard InChI is InChI=1S/C12H13BrN2O/c1-16-11-4-8(5-15-12(11)13)7-2-9-6-14-10(9)3-7/h2,4-5,9-10,14H,3,6H2,1H3. The van der Waals surface area contributed by atoms with Gasteiger partial charge in [-0.1, -0.05) is 6.08 Å². The van der Waals surface area contributed by atoms with Crippen molar-refractivity contribution < 1.29 is 4.74 Å². The first-order valence-electron chi connectivity index (χ1n) is 5.42. The van der Waals surface area contributed by atoms with Gasteiger partial charge in [0.1, 0.15) is 4.60 Å². The number of hydrogen-bond acceptors (Lipinski definition) is 3. The molecule has 1 aliphatic heterocycles. The summed E-state index contributed by atoms with van der Waals surface area (Å²) >= 11 is 3.37. The lowest BCUT2D eigenvalue weighted by molar-refractivity contribution is 0.306. The van der Waals surface area contributed by atoms with Crippen molar-refractivity contribution in [1.29, 1.82) is 0 Å². The fourth-order valence-corrected chi connectivity index (χ4v) is 2.72. The monoisotopic (exact) mass is 280 g/mol. The molecule has 1 saturated heterocycles. The molecule has 0 bridgehead atoms. The van der Waals surface area contributed by atoms with E-state index in [1.54, 1.807) is 7.11 Å². The average Bonchev–Trinajstić information content (AvgIpc) is 2.56. The van der Waals surface area contributed by atoms with Crippen LogP contribution in [0.25, 0.3) is 5.57 Å². The van der Waals surface area contributed by atoms with E-state index in [4.69, 9.17) is 4.74 Å². The van der Waals surface area contributed by atoms with E-state index in [-0.39, 0.29) is 0 Å². The second-order valence-corrected chi connectivity index (χ2v) is 5.04. The van der Waals surface area contributed by atoms with Gasteiger partial charge in [-0.05, 0) is 39.6 Å². The maximum Gasteiger partial charge on any atom is 0.152 e. The number of methoxy groups -OCH3 is 1. The number of rotatable bonds is 2. The SMILES string of the molecule is COc1cc(C2=CC3CNC3C2)cnc1Br. The van der Waals surface area contributed by atoms with Gasteiger partial charge in [-0.15, -0.1) is 0 Å². The van der Waals surface area contributed by atoms with Crippen molar-refractivity contribution in [2.24, 2.45) is 5.92 Å². The zero-order valence-electron chi connectivity index (χ0n) is 9.03. The van der Waals surface area contributed by atoms with E-state index < -0.39 is 0 Å². The zero-order valence-corrected chi connectivity index (χ0v) is 10.6. The van der Waals surface area contributed by atoms with Gasteiger partial charge in [-0.25, -0.2) is 4.98 Å². The van der Waals surface area contributed by atoms with Crippen molar-refractivity contribution in [2.45, 2.75) is 12.5 Å². The first kappa shape index (κ1) is 10.3. The fourth-order valence-electron chi connectivity index (χ4n) is 2.34. The Balaban J connectivity index is 1.92. The number of fused-ring (bicyclic) bond motifs is 1. The molecule has 2 atom stereocenters. The molecule has 2 aliphatic rings. The molecule has 3 nitrogen and oxygen atoms in total. The highest BCUT2D eigenvalue weighted by Crippen LogP contribution is 2.37. The predicted octanol–water partition coefficient (Wildman–Crippen LogP) is 2.23. The fraction of sp³-hybridized carbons (Fsp3) is 0.417. The highest BCUT2D eigenvalue weighted by atomic mass is 79.9. The van der Waals surface area contributed by atoms with Crippen LogP contribution in [0.15, 0.2) is 22.9 Å². The summed E-state index contributed by atoms with van der Waals surface area (Å²) < 4.78 is 6.02. The Bertz CT molecular complexity index is 458.